The molecule has 8 aromatic heterocycles. The van der Waals surface area contributed by atoms with E-state index in [4.69, 9.17) is 26.2 Å². The lowest BCUT2D eigenvalue weighted by molar-refractivity contribution is 0.0987. The summed E-state index contributed by atoms with van der Waals surface area (Å²) in [5.41, 5.74) is 20.5. The normalized spacial score (nSPS) is 11.4. The molecule has 0 aliphatic heterocycles. The van der Waals surface area contributed by atoms with E-state index in [1.54, 1.807) is 41.0 Å². The summed E-state index contributed by atoms with van der Waals surface area (Å²) in [6, 6.07) is 17.5. The zero-order valence-corrected chi connectivity index (χ0v) is 36.2. The van der Waals surface area contributed by atoms with Gasteiger partial charge in [0.15, 0.2) is 11.6 Å². The molecule has 9 aromatic rings. The third-order valence-electron chi connectivity index (χ3n) is 10.6. The molecule has 0 spiro atoms. The SMILES string of the molecule is CCn1nc(C)cc1-c1cn(CCOC)c(-c2nc(C(N)=O)cc3c2cnn3C)n1.CCn1nc(C)cc1-c1cn(Cc2ccccc2)c(-c2nc(C(N)=O)cc3c2cnn3C)n1. The molecular weight excluding hydrogens is 801 g/mol. The van der Waals surface area contributed by atoms with Crippen molar-refractivity contribution in [2.45, 2.75) is 53.9 Å². The first-order valence-electron chi connectivity index (χ1n) is 20.4. The van der Waals surface area contributed by atoms with Gasteiger partial charge in [0.2, 0.25) is 0 Å². The molecule has 0 saturated heterocycles. The summed E-state index contributed by atoms with van der Waals surface area (Å²) in [6.45, 7) is 11.1. The molecule has 0 aliphatic rings. The lowest BCUT2D eigenvalue weighted by Crippen LogP contribution is -2.14. The number of primary amides is 2. The number of rotatable bonds is 13. The number of ether oxygens (including phenoxy) is 1. The van der Waals surface area contributed by atoms with Gasteiger partial charge in [0.05, 0.1) is 52.8 Å². The van der Waals surface area contributed by atoms with Crippen molar-refractivity contribution >= 4 is 33.6 Å². The van der Waals surface area contributed by atoms with Crippen LogP contribution in [0.5, 0.6) is 0 Å². The highest BCUT2D eigenvalue weighted by molar-refractivity contribution is 6.00. The molecule has 9 rings (SSSR count). The number of nitrogens with two attached hydrogens (primary N) is 2. The molecular formula is C44H48N16O3. The average Bonchev–Trinajstić information content (AvgIpc) is 4.15. The molecule has 2 amide bonds. The molecule has 0 saturated carbocycles. The van der Waals surface area contributed by atoms with Crippen LogP contribution >= 0.6 is 0 Å². The highest BCUT2D eigenvalue weighted by atomic mass is 16.5. The van der Waals surface area contributed by atoms with Crippen molar-refractivity contribution in [2.75, 3.05) is 13.7 Å². The van der Waals surface area contributed by atoms with E-state index in [1.165, 1.54) is 0 Å². The highest BCUT2D eigenvalue weighted by Crippen LogP contribution is 2.32. The predicted octanol–water partition coefficient (Wildman–Crippen LogP) is 4.94. The fraction of sp³-hybridized carbons (Fsp3) is 0.273. The van der Waals surface area contributed by atoms with E-state index in [1.807, 2.05) is 96.1 Å². The number of carbonyl (C=O) groups is 2. The Kier molecular flexibility index (Phi) is 11.5. The molecule has 0 aliphatic carbocycles. The van der Waals surface area contributed by atoms with Gasteiger partial charge in [-0.3, -0.25) is 28.3 Å². The third-order valence-corrected chi connectivity index (χ3v) is 10.6. The van der Waals surface area contributed by atoms with Crippen LogP contribution in [-0.4, -0.2) is 93.7 Å². The number of pyridine rings is 2. The first-order valence-corrected chi connectivity index (χ1v) is 20.4. The van der Waals surface area contributed by atoms with E-state index >= 15 is 0 Å². The Hall–Kier alpha value is -7.80. The lowest BCUT2D eigenvalue weighted by Gasteiger charge is -2.09. The van der Waals surface area contributed by atoms with Crippen LogP contribution in [0.4, 0.5) is 0 Å². The zero-order chi connectivity index (χ0) is 44.5. The maximum atomic E-state index is 12.0. The highest BCUT2D eigenvalue weighted by Gasteiger charge is 2.23. The Morgan fingerprint density at radius 3 is 1.60 bits per heavy atom. The summed E-state index contributed by atoms with van der Waals surface area (Å²) >= 11 is 0. The summed E-state index contributed by atoms with van der Waals surface area (Å²) in [4.78, 5) is 42.9. The molecule has 322 valence electrons. The number of imidazole rings is 2. The maximum Gasteiger partial charge on any atom is 0.267 e. The third kappa shape index (κ3) is 8.20. The van der Waals surface area contributed by atoms with Crippen LogP contribution < -0.4 is 11.5 Å². The van der Waals surface area contributed by atoms with Crippen LogP contribution in [0.15, 0.2) is 79.4 Å². The smallest absolute Gasteiger partial charge is 0.267 e. The van der Waals surface area contributed by atoms with Crippen molar-refractivity contribution in [3.8, 4) is 45.8 Å². The molecule has 8 heterocycles. The maximum absolute atomic E-state index is 12.0. The lowest BCUT2D eigenvalue weighted by atomic mass is 10.2. The summed E-state index contributed by atoms with van der Waals surface area (Å²) in [7, 11) is 5.28. The van der Waals surface area contributed by atoms with Gasteiger partial charge >= 0.3 is 0 Å². The van der Waals surface area contributed by atoms with E-state index in [2.05, 4.69) is 49.4 Å². The number of hydrogen-bond donors (Lipinski definition) is 2. The summed E-state index contributed by atoms with van der Waals surface area (Å²) < 4.78 is 16.5. The largest absolute Gasteiger partial charge is 0.383 e. The van der Waals surface area contributed by atoms with E-state index < -0.39 is 11.8 Å². The number of methoxy groups -OCH3 is 1. The van der Waals surface area contributed by atoms with Gasteiger partial charge in [0.1, 0.15) is 34.2 Å². The molecule has 4 N–H and O–H groups in total. The van der Waals surface area contributed by atoms with Gasteiger partial charge in [-0.2, -0.15) is 20.4 Å². The topological polar surface area (TPSA) is 228 Å². The summed E-state index contributed by atoms with van der Waals surface area (Å²) in [6.07, 6.45) is 7.42. The fourth-order valence-electron chi connectivity index (χ4n) is 7.58. The summed E-state index contributed by atoms with van der Waals surface area (Å²) in [5, 5.41) is 19.4. The van der Waals surface area contributed by atoms with Crippen LogP contribution in [0.2, 0.25) is 0 Å². The molecule has 0 unspecified atom stereocenters. The number of benzene rings is 1. The number of hydrogen-bond acceptors (Lipinski definition) is 11. The standard InChI is InChI=1S/C24H24N8O.C20H24N8O2/c1-4-32-21(10-15(2)29-32)19-14-31(13-16-8-6-5-7-9-16)24(28-19)22-17-12-26-30(3)20(17)11-18(27-22)23(25)33;1-5-28-17(8-12(2)25-28)15-11-27(6-7-30-4)20(24-15)18-13-10-22-26(3)16(13)9-14(23-18)19(21)29/h5-12,14H,4,13H2,1-3H3,(H2,25,33);8-11H,5-7H2,1-4H3,(H2,21,29). The van der Waals surface area contributed by atoms with Crippen LogP contribution in [0.3, 0.4) is 0 Å². The second kappa shape index (κ2) is 17.3. The first kappa shape index (κ1) is 41.9. The van der Waals surface area contributed by atoms with Gasteiger partial charge in [-0.25, -0.2) is 19.9 Å². The first-order chi connectivity index (χ1) is 30.4. The van der Waals surface area contributed by atoms with E-state index in [9.17, 15) is 9.59 Å². The van der Waals surface area contributed by atoms with Gasteiger partial charge in [0, 0.05) is 70.6 Å². The van der Waals surface area contributed by atoms with Gasteiger partial charge in [-0.05, 0) is 57.5 Å². The predicted molar refractivity (Wildman–Crippen MR) is 237 cm³/mol. The molecule has 19 nitrogen and oxygen atoms in total. The van der Waals surface area contributed by atoms with Crippen LogP contribution in [0, 0.1) is 13.8 Å². The Bertz CT molecular complexity index is 3130. The van der Waals surface area contributed by atoms with Gasteiger partial charge in [-0.15, -0.1) is 0 Å². The number of carbonyl (C=O) groups excluding carboxylic acids is 2. The molecule has 0 bridgehead atoms. The molecule has 0 fully saturated rings. The van der Waals surface area contributed by atoms with Crippen LogP contribution in [0.1, 0.15) is 51.8 Å². The van der Waals surface area contributed by atoms with E-state index in [0.717, 1.165) is 74.6 Å². The minimum Gasteiger partial charge on any atom is -0.383 e. The number of aryl methyl sites for hydroxylation is 6. The summed E-state index contributed by atoms with van der Waals surface area (Å²) in [5.74, 6) is 0.0517. The minimum absolute atomic E-state index is 0.165. The van der Waals surface area contributed by atoms with E-state index in [-0.39, 0.29) is 11.4 Å². The van der Waals surface area contributed by atoms with Crippen molar-refractivity contribution in [3.05, 3.63) is 108 Å². The molecule has 1 aromatic carbocycles. The average molecular weight is 849 g/mol. The second-order valence-electron chi connectivity index (χ2n) is 15.0. The Balaban J connectivity index is 0.000000174. The Morgan fingerprint density at radius 2 is 1.14 bits per heavy atom. The van der Waals surface area contributed by atoms with Crippen molar-refractivity contribution < 1.29 is 14.3 Å². The fourth-order valence-corrected chi connectivity index (χ4v) is 7.58. The molecule has 63 heavy (non-hydrogen) atoms. The second-order valence-corrected chi connectivity index (χ2v) is 15.0. The van der Waals surface area contributed by atoms with Crippen molar-refractivity contribution in [1.29, 1.82) is 0 Å². The van der Waals surface area contributed by atoms with Crippen molar-refractivity contribution in [3.63, 3.8) is 0 Å². The number of amides is 2. The van der Waals surface area contributed by atoms with Crippen LogP contribution in [-0.2, 0) is 45.0 Å². The van der Waals surface area contributed by atoms with Crippen LogP contribution in [0.25, 0.3) is 67.6 Å². The molecule has 0 atom stereocenters. The quantitative estimate of drug-likeness (QED) is 0.158. The van der Waals surface area contributed by atoms with E-state index in [0.29, 0.717) is 42.7 Å². The Labute approximate surface area is 362 Å². The van der Waals surface area contributed by atoms with Gasteiger partial charge < -0.3 is 25.3 Å². The van der Waals surface area contributed by atoms with Gasteiger partial charge in [-0.1, -0.05) is 30.3 Å². The van der Waals surface area contributed by atoms with Crippen molar-refractivity contribution in [2.24, 2.45) is 25.6 Å². The Morgan fingerprint density at radius 1 is 0.667 bits per heavy atom. The number of fused-ring (bicyclic) bond motifs is 2. The molecule has 19 heteroatoms. The number of aromatic nitrogens is 14. The van der Waals surface area contributed by atoms with Gasteiger partial charge in [0.25, 0.3) is 11.8 Å². The molecule has 0 radical (unpaired) electrons. The van der Waals surface area contributed by atoms with Crippen molar-refractivity contribution in [1.82, 2.24) is 68.2 Å². The zero-order valence-electron chi connectivity index (χ0n) is 36.2. The number of nitrogens with zero attached hydrogens (tertiary/aromatic N) is 14. The minimum atomic E-state index is -0.603. The monoisotopic (exact) mass is 848 g/mol.